The van der Waals surface area contributed by atoms with Crippen LogP contribution in [0, 0.1) is 2.88 Å². The van der Waals surface area contributed by atoms with Gasteiger partial charge in [-0.3, -0.25) is 0 Å². The number of nitrogens with one attached hydrogen (secondary N) is 1. The van der Waals surface area contributed by atoms with Crippen LogP contribution in [-0.2, 0) is 0 Å². The summed E-state index contributed by atoms with van der Waals surface area (Å²) in [6.07, 6.45) is 1.11. The molecule has 1 aromatic carbocycles. The van der Waals surface area contributed by atoms with Gasteiger partial charge >= 0.3 is 0 Å². The molecule has 1 unspecified atom stereocenters. The van der Waals surface area contributed by atoms with Crippen molar-refractivity contribution in [3.05, 3.63) is 54.7 Å². The Balaban J connectivity index is 2.33. The Hall–Kier alpha value is -0.100. The van der Waals surface area contributed by atoms with Gasteiger partial charge in [-0.05, 0) is 64.2 Å². The average molecular weight is 392 g/mol. The molecule has 2 aromatic rings. The molecule has 2 rings (SSSR count). The number of thiophene rings is 1. The van der Waals surface area contributed by atoms with Crippen LogP contribution < -0.4 is 5.32 Å². The zero-order valence-corrected chi connectivity index (χ0v) is 13.8. The van der Waals surface area contributed by atoms with Gasteiger partial charge in [-0.2, -0.15) is 0 Å². The van der Waals surface area contributed by atoms with E-state index in [0.29, 0.717) is 0 Å². The monoisotopic (exact) mass is 391 g/mol. The van der Waals surface area contributed by atoms with Crippen LogP contribution in [0.4, 0.5) is 0 Å². The van der Waals surface area contributed by atoms with Crippen molar-refractivity contribution in [2.24, 2.45) is 0 Å². The van der Waals surface area contributed by atoms with E-state index < -0.39 is 0 Å². The Labute approximate surface area is 131 Å². The average Bonchev–Trinajstić information content (AvgIpc) is 2.78. The van der Waals surface area contributed by atoms with E-state index in [-0.39, 0.29) is 6.04 Å². The van der Waals surface area contributed by atoms with Gasteiger partial charge in [0.15, 0.2) is 0 Å². The number of benzene rings is 1. The highest BCUT2D eigenvalue weighted by atomic mass is 127. The van der Waals surface area contributed by atoms with Crippen molar-refractivity contribution in [3.63, 3.8) is 0 Å². The summed E-state index contributed by atoms with van der Waals surface area (Å²) in [5.41, 5.74) is 2.45. The van der Waals surface area contributed by atoms with Crippen molar-refractivity contribution in [1.29, 1.82) is 0 Å². The summed E-state index contributed by atoms with van der Waals surface area (Å²) in [4.78, 5) is 0. The molecule has 96 valence electrons. The molecule has 0 saturated carbocycles. The van der Waals surface area contributed by atoms with E-state index in [1.54, 1.807) is 11.3 Å². The molecular weight excluding hydrogens is 377 g/mol. The molecule has 0 spiro atoms. The van der Waals surface area contributed by atoms with Gasteiger partial charge in [0, 0.05) is 5.02 Å². The maximum absolute atomic E-state index is 6.32. The summed E-state index contributed by atoms with van der Waals surface area (Å²) in [6.45, 7) is 3.16. The van der Waals surface area contributed by atoms with Crippen molar-refractivity contribution in [1.82, 2.24) is 5.32 Å². The van der Waals surface area contributed by atoms with Gasteiger partial charge in [0.05, 0.1) is 8.93 Å². The number of halogens is 2. The molecule has 4 heteroatoms. The fourth-order valence-corrected chi connectivity index (χ4v) is 3.52. The van der Waals surface area contributed by atoms with Gasteiger partial charge in [0.2, 0.25) is 0 Å². The Morgan fingerprint density at radius 1 is 1.39 bits per heavy atom. The Bertz CT molecular complexity index is 512. The second kappa shape index (κ2) is 6.89. The van der Waals surface area contributed by atoms with Crippen molar-refractivity contribution in [2.45, 2.75) is 19.4 Å². The molecule has 1 aromatic heterocycles. The van der Waals surface area contributed by atoms with Crippen LogP contribution >= 0.6 is 45.5 Å². The maximum Gasteiger partial charge on any atom is 0.0656 e. The predicted molar refractivity (Wildman–Crippen MR) is 88.6 cm³/mol. The van der Waals surface area contributed by atoms with E-state index in [0.717, 1.165) is 23.6 Å². The third kappa shape index (κ3) is 3.47. The van der Waals surface area contributed by atoms with E-state index in [9.17, 15) is 0 Å². The van der Waals surface area contributed by atoms with E-state index >= 15 is 0 Å². The Kier molecular flexibility index (Phi) is 5.48. The lowest BCUT2D eigenvalue weighted by Crippen LogP contribution is -2.23. The first-order valence-electron chi connectivity index (χ1n) is 5.94. The van der Waals surface area contributed by atoms with Gasteiger partial charge < -0.3 is 5.32 Å². The van der Waals surface area contributed by atoms with E-state index in [2.05, 4.69) is 52.3 Å². The van der Waals surface area contributed by atoms with Crippen molar-refractivity contribution < 1.29 is 0 Å². The van der Waals surface area contributed by atoms with Crippen LogP contribution in [-0.4, -0.2) is 6.54 Å². The zero-order chi connectivity index (χ0) is 13.0. The van der Waals surface area contributed by atoms with Gasteiger partial charge in [-0.1, -0.05) is 36.7 Å². The van der Waals surface area contributed by atoms with Crippen molar-refractivity contribution in [2.75, 3.05) is 6.54 Å². The van der Waals surface area contributed by atoms with Crippen LogP contribution in [0.3, 0.4) is 0 Å². The van der Waals surface area contributed by atoms with Crippen molar-refractivity contribution in [3.8, 4) is 0 Å². The van der Waals surface area contributed by atoms with Crippen LogP contribution in [0.15, 0.2) is 35.7 Å². The van der Waals surface area contributed by atoms with Crippen LogP contribution in [0.5, 0.6) is 0 Å². The SMILES string of the molecule is CCCNC(c1csc(I)c1)c1ccccc1Cl. The topological polar surface area (TPSA) is 12.0 Å². The minimum absolute atomic E-state index is 0.193. The highest BCUT2D eigenvalue weighted by Gasteiger charge is 2.17. The molecule has 0 saturated heterocycles. The molecule has 0 fully saturated rings. The molecular formula is C14H15ClINS. The first-order valence-corrected chi connectivity index (χ1v) is 8.27. The third-order valence-electron chi connectivity index (χ3n) is 2.74. The standard InChI is InChI=1S/C14H15ClINS/c1-2-7-17-14(10-8-13(16)18-9-10)11-5-3-4-6-12(11)15/h3-6,8-9,14,17H,2,7H2,1H3. The zero-order valence-electron chi connectivity index (χ0n) is 10.1. The maximum atomic E-state index is 6.32. The quantitative estimate of drug-likeness (QED) is 0.700. The minimum Gasteiger partial charge on any atom is -0.306 e. The minimum atomic E-state index is 0.193. The largest absolute Gasteiger partial charge is 0.306 e. The first kappa shape index (κ1) is 14.3. The molecule has 18 heavy (non-hydrogen) atoms. The van der Waals surface area contributed by atoms with Crippen molar-refractivity contribution >= 4 is 45.5 Å². The van der Waals surface area contributed by atoms with Gasteiger partial charge in [-0.15, -0.1) is 11.3 Å². The summed E-state index contributed by atoms with van der Waals surface area (Å²) in [6, 6.07) is 10.5. The Morgan fingerprint density at radius 3 is 2.78 bits per heavy atom. The van der Waals surface area contributed by atoms with E-state index in [1.807, 2.05) is 18.2 Å². The summed E-state index contributed by atoms with van der Waals surface area (Å²) >= 11 is 10.4. The molecule has 0 radical (unpaired) electrons. The van der Waals surface area contributed by atoms with Crippen LogP contribution in [0.1, 0.15) is 30.5 Å². The summed E-state index contributed by atoms with van der Waals surface area (Å²) < 4.78 is 1.30. The normalized spacial score (nSPS) is 12.6. The first-order chi connectivity index (χ1) is 8.72. The second-order valence-corrected chi connectivity index (χ2v) is 7.31. The summed E-state index contributed by atoms with van der Waals surface area (Å²) in [5, 5.41) is 6.61. The molecule has 0 bridgehead atoms. The lowest BCUT2D eigenvalue weighted by atomic mass is 10.0. The second-order valence-electron chi connectivity index (χ2n) is 4.09. The smallest absolute Gasteiger partial charge is 0.0656 e. The predicted octanol–water partition coefficient (Wildman–Crippen LogP) is 5.10. The highest BCUT2D eigenvalue weighted by Crippen LogP contribution is 2.31. The van der Waals surface area contributed by atoms with Gasteiger partial charge in [0.1, 0.15) is 0 Å². The van der Waals surface area contributed by atoms with Gasteiger partial charge in [0.25, 0.3) is 0 Å². The van der Waals surface area contributed by atoms with Crippen LogP contribution in [0.2, 0.25) is 5.02 Å². The van der Waals surface area contributed by atoms with E-state index in [4.69, 9.17) is 11.6 Å². The van der Waals surface area contributed by atoms with E-state index in [1.165, 1.54) is 8.45 Å². The number of hydrogen-bond acceptors (Lipinski definition) is 2. The van der Waals surface area contributed by atoms with Crippen LogP contribution in [0.25, 0.3) is 0 Å². The number of rotatable bonds is 5. The molecule has 1 heterocycles. The highest BCUT2D eigenvalue weighted by molar-refractivity contribution is 14.1. The molecule has 0 aliphatic heterocycles. The van der Waals surface area contributed by atoms with Gasteiger partial charge in [-0.25, -0.2) is 0 Å². The number of hydrogen-bond donors (Lipinski definition) is 1. The molecule has 0 aliphatic carbocycles. The molecule has 0 aliphatic rings. The fraction of sp³-hybridized carbons (Fsp3) is 0.286. The molecule has 0 amide bonds. The fourth-order valence-electron chi connectivity index (χ4n) is 1.88. The third-order valence-corrected chi connectivity index (χ3v) is 4.89. The molecule has 1 atom stereocenters. The Morgan fingerprint density at radius 2 is 2.17 bits per heavy atom. The lowest BCUT2D eigenvalue weighted by Gasteiger charge is -2.19. The lowest BCUT2D eigenvalue weighted by molar-refractivity contribution is 0.600. The molecule has 1 nitrogen and oxygen atoms in total. The summed E-state index contributed by atoms with van der Waals surface area (Å²) in [7, 11) is 0. The molecule has 1 N–H and O–H groups in total. The summed E-state index contributed by atoms with van der Waals surface area (Å²) in [5.74, 6) is 0.